The molecule has 0 amide bonds. The van der Waals surface area contributed by atoms with E-state index in [-0.39, 0.29) is 0 Å². The van der Waals surface area contributed by atoms with Gasteiger partial charge in [-0.1, -0.05) is 30.0 Å². The Labute approximate surface area is 178 Å². The molecule has 5 nitrogen and oxygen atoms in total. The molecule has 2 heterocycles. The third-order valence-corrected chi connectivity index (χ3v) is 5.34. The van der Waals surface area contributed by atoms with Crippen LogP contribution in [0.4, 0.5) is 5.69 Å². The minimum absolute atomic E-state index is 0.491. The Morgan fingerprint density at radius 1 is 0.967 bits per heavy atom. The highest BCUT2D eigenvalue weighted by Crippen LogP contribution is 2.21. The Bertz CT molecular complexity index is 1060. The van der Waals surface area contributed by atoms with Gasteiger partial charge in [0.1, 0.15) is 0 Å². The van der Waals surface area contributed by atoms with E-state index in [1.54, 1.807) is 0 Å². The van der Waals surface area contributed by atoms with Gasteiger partial charge in [0, 0.05) is 17.8 Å². The minimum Gasteiger partial charge on any atom is -0.476 e. The largest absolute Gasteiger partial charge is 0.476 e. The number of benzene rings is 2. The highest BCUT2D eigenvalue weighted by molar-refractivity contribution is 5.79. The van der Waals surface area contributed by atoms with E-state index in [1.807, 2.05) is 30.3 Å². The number of aryl methyl sites for hydroxylation is 1. The zero-order chi connectivity index (χ0) is 20.8. The first-order chi connectivity index (χ1) is 14.7. The highest BCUT2D eigenvalue weighted by atomic mass is 16.5. The molecule has 0 spiro atoms. The van der Waals surface area contributed by atoms with Crippen molar-refractivity contribution >= 4 is 16.7 Å². The van der Waals surface area contributed by atoms with E-state index >= 15 is 0 Å². The van der Waals surface area contributed by atoms with Gasteiger partial charge in [-0.2, -0.15) is 0 Å². The van der Waals surface area contributed by atoms with Gasteiger partial charge in [0.15, 0.2) is 5.69 Å². The van der Waals surface area contributed by atoms with Gasteiger partial charge < -0.3 is 15.4 Å². The number of anilines is 1. The predicted octanol–water partition coefficient (Wildman–Crippen LogP) is 4.18. The maximum atomic E-state index is 6.04. The van der Waals surface area contributed by atoms with Crippen LogP contribution >= 0.6 is 0 Å². The average Bonchev–Trinajstić information content (AvgIpc) is 2.77. The van der Waals surface area contributed by atoms with Crippen molar-refractivity contribution in [1.29, 1.82) is 0 Å². The molecule has 0 bridgehead atoms. The van der Waals surface area contributed by atoms with E-state index < -0.39 is 0 Å². The lowest BCUT2D eigenvalue weighted by Crippen LogP contribution is -2.31. The third-order valence-electron chi connectivity index (χ3n) is 5.34. The van der Waals surface area contributed by atoms with Crippen LogP contribution in [0.2, 0.25) is 0 Å². The Morgan fingerprint density at radius 3 is 2.57 bits per heavy atom. The van der Waals surface area contributed by atoms with E-state index in [0.29, 0.717) is 23.9 Å². The van der Waals surface area contributed by atoms with Crippen molar-refractivity contribution in [1.82, 2.24) is 14.9 Å². The van der Waals surface area contributed by atoms with Gasteiger partial charge in [-0.3, -0.25) is 0 Å². The zero-order valence-corrected chi connectivity index (χ0v) is 17.5. The van der Waals surface area contributed by atoms with Crippen LogP contribution in [0, 0.1) is 18.8 Å². The smallest absolute Gasteiger partial charge is 0.249 e. The molecule has 3 aromatic rings. The molecule has 30 heavy (non-hydrogen) atoms. The van der Waals surface area contributed by atoms with E-state index in [1.165, 1.54) is 37.9 Å². The first-order valence-electron chi connectivity index (χ1n) is 10.7. The SMILES string of the molecule is Cc1ccc(C#Cc2nc3cc(N)ccc3nc2OCCCN2CCCCC2)cc1. The topological polar surface area (TPSA) is 64.3 Å². The molecular weight excluding hydrogens is 372 g/mol. The normalized spacial score (nSPS) is 14.3. The minimum atomic E-state index is 0.491. The second-order valence-corrected chi connectivity index (χ2v) is 7.85. The number of hydrogen-bond acceptors (Lipinski definition) is 5. The molecule has 2 N–H and O–H groups in total. The second-order valence-electron chi connectivity index (χ2n) is 7.85. The van der Waals surface area contributed by atoms with Crippen LogP contribution < -0.4 is 10.5 Å². The Morgan fingerprint density at radius 2 is 1.77 bits per heavy atom. The third kappa shape index (κ3) is 5.28. The van der Waals surface area contributed by atoms with Crippen molar-refractivity contribution in [2.75, 3.05) is 32.0 Å². The van der Waals surface area contributed by atoms with Crippen molar-refractivity contribution in [2.24, 2.45) is 0 Å². The Hall–Kier alpha value is -3.10. The molecule has 0 unspecified atom stereocenters. The van der Waals surface area contributed by atoms with Crippen molar-refractivity contribution in [3.8, 4) is 17.7 Å². The summed E-state index contributed by atoms with van der Waals surface area (Å²) in [4.78, 5) is 11.9. The summed E-state index contributed by atoms with van der Waals surface area (Å²) in [5.74, 6) is 6.82. The van der Waals surface area contributed by atoms with Crippen molar-refractivity contribution in [3.63, 3.8) is 0 Å². The van der Waals surface area contributed by atoms with Crippen LogP contribution in [-0.4, -0.2) is 41.1 Å². The van der Waals surface area contributed by atoms with Gasteiger partial charge in [0.25, 0.3) is 0 Å². The van der Waals surface area contributed by atoms with Crippen LogP contribution in [0.3, 0.4) is 0 Å². The number of ether oxygens (including phenoxy) is 1. The monoisotopic (exact) mass is 400 g/mol. The molecule has 1 fully saturated rings. The number of nitrogens with zero attached hydrogens (tertiary/aromatic N) is 3. The molecule has 1 aliphatic rings. The van der Waals surface area contributed by atoms with E-state index in [4.69, 9.17) is 10.5 Å². The van der Waals surface area contributed by atoms with E-state index in [9.17, 15) is 0 Å². The molecule has 0 atom stereocenters. The van der Waals surface area contributed by atoms with Gasteiger partial charge in [-0.25, -0.2) is 9.97 Å². The van der Waals surface area contributed by atoms with Gasteiger partial charge in [-0.05, 0) is 75.5 Å². The van der Waals surface area contributed by atoms with Gasteiger partial charge in [0.2, 0.25) is 5.88 Å². The number of likely N-dealkylation sites (tertiary alicyclic amines) is 1. The maximum Gasteiger partial charge on any atom is 0.249 e. The number of piperidine rings is 1. The first kappa shape index (κ1) is 20.2. The molecule has 0 radical (unpaired) electrons. The summed E-state index contributed by atoms with van der Waals surface area (Å²) in [5.41, 5.74) is 10.8. The van der Waals surface area contributed by atoms with E-state index in [0.717, 1.165) is 29.6 Å². The number of aromatic nitrogens is 2. The van der Waals surface area contributed by atoms with E-state index in [2.05, 4.69) is 45.8 Å². The summed E-state index contributed by atoms with van der Waals surface area (Å²) in [6.07, 6.45) is 4.93. The van der Waals surface area contributed by atoms with Crippen LogP contribution in [0.15, 0.2) is 42.5 Å². The zero-order valence-electron chi connectivity index (χ0n) is 17.5. The molecular formula is C25H28N4O. The Kier molecular flexibility index (Phi) is 6.46. The lowest BCUT2D eigenvalue weighted by atomic mass is 10.1. The van der Waals surface area contributed by atoms with Crippen molar-refractivity contribution in [3.05, 3.63) is 59.3 Å². The standard InChI is InChI=1S/C25H28N4O/c1-19-6-8-20(9-7-19)10-12-23-25(28-22-13-11-21(26)18-24(22)27-23)30-17-5-16-29-14-3-2-4-15-29/h6-9,11,13,18H,2-5,14-17,26H2,1H3. The van der Waals surface area contributed by atoms with Crippen LogP contribution in [0.25, 0.3) is 11.0 Å². The number of hydrogen-bond donors (Lipinski definition) is 1. The van der Waals surface area contributed by atoms with Gasteiger partial charge >= 0.3 is 0 Å². The van der Waals surface area contributed by atoms with Crippen LogP contribution in [0.5, 0.6) is 5.88 Å². The fourth-order valence-electron chi connectivity index (χ4n) is 3.65. The highest BCUT2D eigenvalue weighted by Gasteiger charge is 2.11. The molecule has 0 saturated carbocycles. The summed E-state index contributed by atoms with van der Waals surface area (Å²) in [6, 6.07) is 13.6. The molecule has 1 saturated heterocycles. The number of nitrogens with two attached hydrogens (primary N) is 1. The quantitative estimate of drug-likeness (QED) is 0.395. The second kappa shape index (κ2) is 9.60. The molecule has 2 aromatic carbocycles. The average molecular weight is 401 g/mol. The number of nitrogen functional groups attached to an aromatic ring is 1. The number of rotatable bonds is 5. The van der Waals surface area contributed by atoms with Gasteiger partial charge in [0.05, 0.1) is 17.6 Å². The van der Waals surface area contributed by atoms with Gasteiger partial charge in [-0.15, -0.1) is 0 Å². The van der Waals surface area contributed by atoms with Crippen LogP contribution in [-0.2, 0) is 0 Å². The van der Waals surface area contributed by atoms with Crippen LogP contribution in [0.1, 0.15) is 42.5 Å². The molecule has 5 heteroatoms. The summed E-state index contributed by atoms with van der Waals surface area (Å²) >= 11 is 0. The van der Waals surface area contributed by atoms with Crippen molar-refractivity contribution in [2.45, 2.75) is 32.6 Å². The molecule has 1 aromatic heterocycles. The summed E-state index contributed by atoms with van der Waals surface area (Å²) in [7, 11) is 0. The molecule has 1 aliphatic heterocycles. The predicted molar refractivity (Wildman–Crippen MR) is 122 cm³/mol. The maximum absolute atomic E-state index is 6.04. The molecule has 0 aliphatic carbocycles. The summed E-state index contributed by atoms with van der Waals surface area (Å²) < 4.78 is 6.04. The molecule has 154 valence electrons. The summed E-state index contributed by atoms with van der Waals surface area (Å²) in [5, 5.41) is 0. The Balaban J connectivity index is 1.52. The molecule has 4 rings (SSSR count). The van der Waals surface area contributed by atoms with Crippen molar-refractivity contribution < 1.29 is 4.74 Å². The lowest BCUT2D eigenvalue weighted by Gasteiger charge is -2.26. The fraction of sp³-hybridized carbons (Fsp3) is 0.360. The lowest BCUT2D eigenvalue weighted by molar-refractivity contribution is 0.203. The summed E-state index contributed by atoms with van der Waals surface area (Å²) in [6.45, 7) is 6.12. The number of fused-ring (bicyclic) bond motifs is 1. The fourth-order valence-corrected chi connectivity index (χ4v) is 3.65. The first-order valence-corrected chi connectivity index (χ1v) is 10.7.